The fraction of sp³-hybridized carbons (Fsp3) is 0.250. The summed E-state index contributed by atoms with van der Waals surface area (Å²) in [4.78, 5) is 22.6. The van der Waals surface area contributed by atoms with E-state index in [0.717, 1.165) is 42.3 Å². The lowest BCUT2D eigenvalue weighted by Crippen LogP contribution is -2.33. The van der Waals surface area contributed by atoms with Crippen molar-refractivity contribution < 1.29 is 4.79 Å². The zero-order chi connectivity index (χ0) is 21.4. The molecule has 156 valence electrons. The van der Waals surface area contributed by atoms with Gasteiger partial charge < -0.3 is 11.1 Å². The first kappa shape index (κ1) is 19.2. The number of aromatic nitrogens is 3. The number of aryl methyl sites for hydroxylation is 1. The molecule has 1 saturated carbocycles. The van der Waals surface area contributed by atoms with Gasteiger partial charge in [0.25, 0.3) is 5.91 Å². The van der Waals surface area contributed by atoms with Gasteiger partial charge in [-0.15, -0.1) is 0 Å². The highest BCUT2D eigenvalue weighted by Crippen LogP contribution is 2.28. The summed E-state index contributed by atoms with van der Waals surface area (Å²) in [6.45, 7) is 2.03. The number of nitrogen functional groups attached to an aromatic ring is 1. The summed E-state index contributed by atoms with van der Waals surface area (Å²) >= 11 is 0. The van der Waals surface area contributed by atoms with Gasteiger partial charge in [-0.05, 0) is 37.5 Å². The number of benzene rings is 2. The summed E-state index contributed by atoms with van der Waals surface area (Å²) in [7, 11) is 0. The van der Waals surface area contributed by atoms with Crippen LogP contribution in [0.4, 0.5) is 5.82 Å². The predicted molar refractivity (Wildman–Crippen MR) is 123 cm³/mol. The van der Waals surface area contributed by atoms with Gasteiger partial charge in [-0.1, -0.05) is 54.8 Å². The second-order valence-electron chi connectivity index (χ2n) is 8.07. The number of hydrogen-bond acceptors (Lipinski definition) is 5. The van der Waals surface area contributed by atoms with Crippen LogP contribution in [0.2, 0.25) is 0 Å². The highest BCUT2D eigenvalue weighted by Gasteiger charge is 2.26. The van der Waals surface area contributed by atoms with Gasteiger partial charge in [-0.3, -0.25) is 4.79 Å². The van der Waals surface area contributed by atoms with Gasteiger partial charge in [0, 0.05) is 6.04 Å². The number of carbonyl (C=O) groups is 1. The predicted octanol–water partition coefficient (Wildman–Crippen LogP) is 4.03. The lowest BCUT2D eigenvalue weighted by atomic mass is 10.2. The van der Waals surface area contributed by atoms with E-state index in [2.05, 4.69) is 10.4 Å². The van der Waals surface area contributed by atoms with Crippen LogP contribution >= 0.6 is 0 Å². The number of anilines is 1. The van der Waals surface area contributed by atoms with Crippen molar-refractivity contribution in [2.24, 2.45) is 5.10 Å². The third-order valence-corrected chi connectivity index (χ3v) is 5.76. The number of carbonyl (C=O) groups excluding carboxylic acids is 1. The van der Waals surface area contributed by atoms with Crippen molar-refractivity contribution in [3.63, 3.8) is 0 Å². The van der Waals surface area contributed by atoms with Crippen LogP contribution in [0.5, 0.6) is 0 Å². The lowest BCUT2D eigenvalue weighted by molar-refractivity contribution is 0.0940. The lowest BCUT2D eigenvalue weighted by Gasteiger charge is -2.11. The molecule has 1 aliphatic carbocycles. The Morgan fingerprint density at radius 2 is 1.87 bits per heavy atom. The quantitative estimate of drug-likeness (QED) is 0.495. The van der Waals surface area contributed by atoms with E-state index >= 15 is 0 Å². The minimum Gasteiger partial charge on any atom is -0.383 e. The van der Waals surface area contributed by atoms with Crippen LogP contribution in [-0.4, -0.2) is 32.8 Å². The number of nitrogens with one attached hydrogen (secondary N) is 1. The highest BCUT2D eigenvalue weighted by molar-refractivity contribution is 6.10. The average molecular weight is 412 g/mol. The van der Waals surface area contributed by atoms with Gasteiger partial charge in [-0.2, -0.15) is 9.78 Å². The molecule has 31 heavy (non-hydrogen) atoms. The monoisotopic (exact) mass is 412 g/mol. The number of fused-ring (bicyclic) bond motifs is 2. The molecular weight excluding hydrogens is 388 g/mol. The maximum absolute atomic E-state index is 13.2. The minimum atomic E-state index is -0.219. The molecule has 4 aromatic rings. The first-order valence-corrected chi connectivity index (χ1v) is 10.6. The van der Waals surface area contributed by atoms with Crippen LogP contribution in [-0.2, 0) is 0 Å². The summed E-state index contributed by atoms with van der Waals surface area (Å²) < 4.78 is 1.51. The van der Waals surface area contributed by atoms with Crippen molar-refractivity contribution in [3.05, 3.63) is 65.2 Å². The smallest absolute Gasteiger partial charge is 0.257 e. The number of amides is 1. The maximum atomic E-state index is 13.2. The third-order valence-electron chi connectivity index (χ3n) is 5.76. The van der Waals surface area contributed by atoms with E-state index in [1.54, 1.807) is 6.21 Å². The van der Waals surface area contributed by atoms with Crippen LogP contribution in [0.25, 0.3) is 22.2 Å². The molecule has 0 unspecified atom stereocenters. The molecule has 5 rings (SSSR count). The van der Waals surface area contributed by atoms with E-state index in [1.807, 2.05) is 55.5 Å². The molecule has 0 atom stereocenters. The van der Waals surface area contributed by atoms with Crippen LogP contribution in [0.3, 0.4) is 0 Å². The first-order valence-electron chi connectivity index (χ1n) is 10.6. The second-order valence-corrected chi connectivity index (χ2v) is 8.07. The van der Waals surface area contributed by atoms with E-state index in [1.165, 1.54) is 4.68 Å². The van der Waals surface area contributed by atoms with Gasteiger partial charge in [0.2, 0.25) is 0 Å². The topological polar surface area (TPSA) is 98.2 Å². The molecule has 0 radical (unpaired) electrons. The van der Waals surface area contributed by atoms with E-state index in [9.17, 15) is 4.79 Å². The zero-order valence-electron chi connectivity index (χ0n) is 17.4. The average Bonchev–Trinajstić information content (AvgIpc) is 3.36. The number of hydrogen-bond donors (Lipinski definition) is 2. The van der Waals surface area contributed by atoms with Crippen LogP contribution in [0, 0.1) is 6.92 Å². The second kappa shape index (κ2) is 7.83. The zero-order valence-corrected chi connectivity index (χ0v) is 17.4. The van der Waals surface area contributed by atoms with Crippen LogP contribution < -0.4 is 11.1 Å². The van der Waals surface area contributed by atoms with Crippen molar-refractivity contribution >= 4 is 40.1 Å². The van der Waals surface area contributed by atoms with Crippen molar-refractivity contribution in [1.82, 2.24) is 20.0 Å². The van der Waals surface area contributed by atoms with Crippen LogP contribution in [0.1, 0.15) is 47.2 Å². The van der Waals surface area contributed by atoms with E-state index < -0.39 is 0 Å². The van der Waals surface area contributed by atoms with E-state index in [0.29, 0.717) is 22.2 Å². The Kier molecular flexibility index (Phi) is 4.86. The fourth-order valence-corrected chi connectivity index (χ4v) is 4.19. The number of rotatable bonds is 4. The van der Waals surface area contributed by atoms with Gasteiger partial charge in [-0.25, -0.2) is 9.97 Å². The van der Waals surface area contributed by atoms with E-state index in [4.69, 9.17) is 15.7 Å². The molecule has 7 heteroatoms. The standard InChI is InChI=1S/C24H24N6O/c1-15-7-6-8-16(13-15)14-26-30-22(25)20(24(31)27-17-9-2-3-10-17)21-23(30)29-19-12-5-4-11-18(19)28-21/h4-8,11-14,17H,2-3,9-10,25H2,1H3,(H,27,31). The maximum Gasteiger partial charge on any atom is 0.257 e. The molecule has 0 aliphatic heterocycles. The molecule has 2 heterocycles. The number of nitrogens with zero attached hydrogens (tertiary/aromatic N) is 4. The molecule has 0 bridgehead atoms. The van der Waals surface area contributed by atoms with Crippen LogP contribution in [0.15, 0.2) is 53.6 Å². The van der Waals surface area contributed by atoms with Crippen molar-refractivity contribution in [3.8, 4) is 0 Å². The molecule has 0 saturated heterocycles. The van der Waals surface area contributed by atoms with Gasteiger partial charge in [0.1, 0.15) is 16.9 Å². The van der Waals surface area contributed by atoms with Gasteiger partial charge >= 0.3 is 0 Å². The molecular formula is C24H24N6O. The van der Waals surface area contributed by atoms with Crippen molar-refractivity contribution in [1.29, 1.82) is 0 Å². The van der Waals surface area contributed by atoms with Gasteiger partial charge in [0.05, 0.1) is 17.2 Å². The largest absolute Gasteiger partial charge is 0.383 e. The Bertz CT molecular complexity index is 1320. The molecule has 1 aliphatic rings. The molecule has 1 fully saturated rings. The van der Waals surface area contributed by atoms with Crippen molar-refractivity contribution in [2.45, 2.75) is 38.6 Å². The van der Waals surface area contributed by atoms with Gasteiger partial charge in [0.15, 0.2) is 5.65 Å². The normalized spacial score (nSPS) is 14.7. The summed E-state index contributed by atoms with van der Waals surface area (Å²) in [6.07, 6.45) is 5.97. The Morgan fingerprint density at radius 3 is 2.61 bits per heavy atom. The van der Waals surface area contributed by atoms with Crippen molar-refractivity contribution in [2.75, 3.05) is 5.73 Å². The fourth-order valence-electron chi connectivity index (χ4n) is 4.19. The molecule has 3 N–H and O–H groups in total. The third kappa shape index (κ3) is 3.63. The molecule has 7 nitrogen and oxygen atoms in total. The Labute approximate surface area is 180 Å². The number of nitrogens with two attached hydrogens (primary N) is 1. The minimum absolute atomic E-state index is 0.175. The Morgan fingerprint density at radius 1 is 1.13 bits per heavy atom. The first-order chi connectivity index (χ1) is 15.1. The Balaban J connectivity index is 1.65. The molecule has 2 aromatic carbocycles. The molecule has 2 aromatic heterocycles. The number of para-hydroxylation sites is 2. The highest BCUT2D eigenvalue weighted by atomic mass is 16.1. The molecule has 0 spiro atoms. The SMILES string of the molecule is Cc1cccc(C=Nn2c(N)c(C(=O)NC3CCCC3)c3nc4ccccc4nc32)c1. The summed E-state index contributed by atoms with van der Waals surface area (Å²) in [5.74, 6) is 0.0215. The summed E-state index contributed by atoms with van der Waals surface area (Å²) in [5.41, 5.74) is 11.2. The summed E-state index contributed by atoms with van der Waals surface area (Å²) in [5, 5.41) is 7.69. The van der Waals surface area contributed by atoms with E-state index in [-0.39, 0.29) is 17.8 Å². The molecule has 1 amide bonds. The summed E-state index contributed by atoms with van der Waals surface area (Å²) in [6, 6.07) is 15.7. The Hall–Kier alpha value is -3.74.